The molecule has 0 aliphatic heterocycles. The molecule has 0 spiro atoms. The van der Waals surface area contributed by atoms with Gasteiger partial charge in [-0.3, -0.25) is 4.79 Å². The summed E-state index contributed by atoms with van der Waals surface area (Å²) in [4.78, 5) is 23.1. The summed E-state index contributed by atoms with van der Waals surface area (Å²) in [6, 6.07) is -0.579. The minimum Gasteiger partial charge on any atom is -0.468 e. The van der Waals surface area contributed by atoms with Crippen LogP contribution in [0.4, 0.5) is 4.79 Å². The SMILES string of the molecule is COC(=O)C(COC(C)(C)C)NCCNC(=O)OC(C)(C)C. The van der Waals surface area contributed by atoms with E-state index in [9.17, 15) is 9.59 Å². The van der Waals surface area contributed by atoms with Crippen LogP contribution in [0, 0.1) is 0 Å². The first-order valence-electron chi connectivity index (χ1n) is 7.36. The van der Waals surface area contributed by atoms with Crippen LogP contribution in [0.2, 0.25) is 0 Å². The van der Waals surface area contributed by atoms with Gasteiger partial charge < -0.3 is 24.8 Å². The number of amides is 1. The fraction of sp³-hybridized carbons (Fsp3) is 0.867. The molecule has 0 rings (SSSR count). The predicted molar refractivity (Wildman–Crippen MR) is 83.7 cm³/mol. The average molecular weight is 318 g/mol. The van der Waals surface area contributed by atoms with Crippen LogP contribution in [0.3, 0.4) is 0 Å². The van der Waals surface area contributed by atoms with Crippen LogP contribution in [0.1, 0.15) is 41.5 Å². The second-order valence-corrected chi connectivity index (χ2v) is 6.88. The number of hydrogen-bond acceptors (Lipinski definition) is 6. The first-order valence-corrected chi connectivity index (χ1v) is 7.36. The van der Waals surface area contributed by atoms with Crippen LogP contribution in [-0.2, 0) is 19.0 Å². The number of hydrogen-bond donors (Lipinski definition) is 2. The molecule has 0 bridgehead atoms. The molecular formula is C15H30N2O5. The van der Waals surface area contributed by atoms with E-state index in [0.29, 0.717) is 13.1 Å². The van der Waals surface area contributed by atoms with Crippen molar-refractivity contribution in [2.45, 2.75) is 58.8 Å². The Hall–Kier alpha value is -1.34. The Morgan fingerprint density at radius 2 is 1.59 bits per heavy atom. The third-order valence-electron chi connectivity index (χ3n) is 2.35. The second-order valence-electron chi connectivity index (χ2n) is 6.88. The van der Waals surface area contributed by atoms with Gasteiger partial charge in [0.2, 0.25) is 0 Å². The maximum Gasteiger partial charge on any atom is 0.407 e. The summed E-state index contributed by atoms with van der Waals surface area (Å²) in [6.45, 7) is 12.0. The van der Waals surface area contributed by atoms with Crippen LogP contribution in [0.5, 0.6) is 0 Å². The number of methoxy groups -OCH3 is 1. The summed E-state index contributed by atoms with van der Waals surface area (Å²) in [5.41, 5.74) is -0.880. The van der Waals surface area contributed by atoms with Crippen LogP contribution < -0.4 is 10.6 Å². The molecule has 0 saturated heterocycles. The van der Waals surface area contributed by atoms with Gasteiger partial charge >= 0.3 is 12.1 Å². The Labute approximate surface area is 133 Å². The molecule has 0 aromatic rings. The molecule has 0 aromatic heterocycles. The van der Waals surface area contributed by atoms with E-state index in [1.807, 2.05) is 20.8 Å². The van der Waals surface area contributed by atoms with Crippen LogP contribution in [-0.4, -0.2) is 56.1 Å². The van der Waals surface area contributed by atoms with E-state index in [0.717, 1.165) is 0 Å². The molecule has 1 unspecified atom stereocenters. The molecule has 2 N–H and O–H groups in total. The number of carbonyl (C=O) groups excluding carboxylic acids is 2. The highest BCUT2D eigenvalue weighted by atomic mass is 16.6. The highest BCUT2D eigenvalue weighted by molar-refractivity contribution is 5.75. The Bertz CT molecular complexity index is 358. The fourth-order valence-corrected chi connectivity index (χ4v) is 1.41. The number of rotatable bonds is 7. The Morgan fingerprint density at radius 3 is 2.05 bits per heavy atom. The molecular weight excluding hydrogens is 288 g/mol. The summed E-state index contributed by atoms with van der Waals surface area (Å²) >= 11 is 0. The average Bonchev–Trinajstić information content (AvgIpc) is 2.33. The van der Waals surface area contributed by atoms with Crippen molar-refractivity contribution in [3.8, 4) is 0 Å². The van der Waals surface area contributed by atoms with Crippen molar-refractivity contribution in [3.63, 3.8) is 0 Å². The Balaban J connectivity index is 4.14. The molecule has 0 heterocycles. The van der Waals surface area contributed by atoms with Gasteiger partial charge in [0, 0.05) is 13.1 Å². The Morgan fingerprint density at radius 1 is 1.00 bits per heavy atom. The maximum absolute atomic E-state index is 11.7. The molecule has 22 heavy (non-hydrogen) atoms. The first kappa shape index (κ1) is 20.7. The molecule has 0 aliphatic rings. The summed E-state index contributed by atoms with van der Waals surface area (Å²) in [5, 5.41) is 5.60. The standard InChI is InChI=1S/C15H30N2O5/c1-14(2,3)21-10-11(12(18)20-7)16-8-9-17-13(19)22-15(4,5)6/h11,16H,8-10H2,1-7H3,(H,17,19). The molecule has 0 saturated carbocycles. The quantitative estimate of drug-likeness (QED) is 0.546. The molecule has 0 radical (unpaired) electrons. The summed E-state index contributed by atoms with van der Waals surface area (Å²) in [6.07, 6.45) is -0.491. The zero-order valence-corrected chi connectivity index (χ0v) is 14.7. The zero-order chi connectivity index (χ0) is 17.4. The first-order chi connectivity index (χ1) is 9.94. The van der Waals surface area contributed by atoms with E-state index in [4.69, 9.17) is 14.2 Å². The number of alkyl carbamates (subject to hydrolysis) is 1. The smallest absolute Gasteiger partial charge is 0.407 e. The lowest BCUT2D eigenvalue weighted by molar-refractivity contribution is -0.146. The maximum atomic E-state index is 11.7. The number of ether oxygens (including phenoxy) is 3. The van der Waals surface area contributed by atoms with E-state index in [-0.39, 0.29) is 12.2 Å². The zero-order valence-electron chi connectivity index (χ0n) is 14.7. The minimum atomic E-state index is -0.579. The van der Waals surface area contributed by atoms with Gasteiger partial charge in [-0.1, -0.05) is 0 Å². The lowest BCUT2D eigenvalue weighted by atomic mass is 10.2. The number of carbonyl (C=O) groups is 2. The Kier molecular flexibility index (Phi) is 8.40. The highest BCUT2D eigenvalue weighted by Gasteiger charge is 2.22. The largest absolute Gasteiger partial charge is 0.468 e. The van der Waals surface area contributed by atoms with Crippen LogP contribution >= 0.6 is 0 Å². The van der Waals surface area contributed by atoms with Crippen molar-refractivity contribution < 1.29 is 23.8 Å². The van der Waals surface area contributed by atoms with Crippen molar-refractivity contribution in [3.05, 3.63) is 0 Å². The van der Waals surface area contributed by atoms with Crippen LogP contribution in [0.15, 0.2) is 0 Å². The highest BCUT2D eigenvalue weighted by Crippen LogP contribution is 2.08. The van der Waals surface area contributed by atoms with Gasteiger partial charge in [0.15, 0.2) is 0 Å². The minimum absolute atomic E-state index is 0.197. The van der Waals surface area contributed by atoms with Crippen molar-refractivity contribution in [1.82, 2.24) is 10.6 Å². The van der Waals surface area contributed by atoms with Gasteiger partial charge in [-0.05, 0) is 41.5 Å². The van der Waals surface area contributed by atoms with Gasteiger partial charge in [0.1, 0.15) is 11.6 Å². The third kappa shape index (κ3) is 11.3. The van der Waals surface area contributed by atoms with E-state index in [1.54, 1.807) is 20.8 Å². The number of esters is 1. The summed E-state index contributed by atoms with van der Waals surface area (Å²) < 4.78 is 15.4. The molecule has 0 aliphatic carbocycles. The van der Waals surface area contributed by atoms with Gasteiger partial charge in [-0.2, -0.15) is 0 Å². The lowest BCUT2D eigenvalue weighted by Crippen LogP contribution is -2.46. The van der Waals surface area contributed by atoms with Gasteiger partial charge in [-0.15, -0.1) is 0 Å². The number of nitrogens with one attached hydrogen (secondary N) is 2. The molecule has 7 nitrogen and oxygen atoms in total. The van der Waals surface area contributed by atoms with Crippen molar-refractivity contribution in [2.75, 3.05) is 26.8 Å². The molecule has 0 aromatic carbocycles. The van der Waals surface area contributed by atoms with Crippen molar-refractivity contribution in [2.24, 2.45) is 0 Å². The van der Waals surface area contributed by atoms with E-state index in [2.05, 4.69) is 10.6 Å². The van der Waals surface area contributed by atoms with Crippen molar-refractivity contribution in [1.29, 1.82) is 0 Å². The van der Waals surface area contributed by atoms with Gasteiger partial charge in [-0.25, -0.2) is 4.79 Å². The van der Waals surface area contributed by atoms with Crippen molar-refractivity contribution >= 4 is 12.1 Å². The van der Waals surface area contributed by atoms with Gasteiger partial charge in [0.05, 0.1) is 19.3 Å². The van der Waals surface area contributed by atoms with E-state index in [1.165, 1.54) is 7.11 Å². The van der Waals surface area contributed by atoms with E-state index >= 15 is 0 Å². The van der Waals surface area contributed by atoms with Gasteiger partial charge in [0.25, 0.3) is 0 Å². The molecule has 1 atom stereocenters. The second kappa shape index (κ2) is 8.95. The summed E-state index contributed by atoms with van der Waals surface area (Å²) in [5.74, 6) is -0.401. The molecule has 7 heteroatoms. The van der Waals surface area contributed by atoms with E-state index < -0.39 is 23.7 Å². The summed E-state index contributed by atoms with van der Waals surface area (Å²) in [7, 11) is 1.33. The molecule has 1 amide bonds. The monoisotopic (exact) mass is 318 g/mol. The topological polar surface area (TPSA) is 85.9 Å². The lowest BCUT2D eigenvalue weighted by Gasteiger charge is -2.24. The molecule has 130 valence electrons. The molecule has 0 fully saturated rings. The normalized spacial score (nSPS) is 13.4. The fourth-order valence-electron chi connectivity index (χ4n) is 1.41. The third-order valence-corrected chi connectivity index (χ3v) is 2.35. The predicted octanol–water partition coefficient (Wildman–Crippen LogP) is 1.46. The van der Waals surface area contributed by atoms with Crippen LogP contribution in [0.25, 0.3) is 0 Å².